The molecule has 0 saturated carbocycles. The molecule has 2 aliphatic rings. The molecule has 0 radical (unpaired) electrons. The zero-order valence-electron chi connectivity index (χ0n) is 12.3. The summed E-state index contributed by atoms with van der Waals surface area (Å²) < 4.78 is 22.4. The van der Waals surface area contributed by atoms with Crippen molar-refractivity contribution in [3.8, 4) is 0 Å². The summed E-state index contributed by atoms with van der Waals surface area (Å²) in [6, 6.07) is 0. The molecule has 2 N–H and O–H groups in total. The van der Waals surface area contributed by atoms with Crippen LogP contribution in [0, 0.1) is 10.8 Å². The minimum absolute atomic E-state index is 0.0638. The van der Waals surface area contributed by atoms with E-state index < -0.39 is 0 Å². The molecule has 0 aromatic rings. The van der Waals surface area contributed by atoms with Crippen LogP contribution >= 0.6 is 0 Å². The van der Waals surface area contributed by atoms with Crippen LogP contribution in [0.25, 0.3) is 0 Å². The summed E-state index contributed by atoms with van der Waals surface area (Å²) in [5.74, 6) is 0. The molecular weight excluding hydrogens is 264 g/mol. The van der Waals surface area contributed by atoms with Crippen LogP contribution in [0.1, 0.15) is 26.7 Å². The van der Waals surface area contributed by atoms with Gasteiger partial charge in [-0.2, -0.15) is 0 Å². The molecule has 0 aromatic heterocycles. The van der Waals surface area contributed by atoms with Crippen LogP contribution in [0.15, 0.2) is 0 Å². The molecular formula is C14H26O6. The van der Waals surface area contributed by atoms with Crippen molar-refractivity contribution in [3.63, 3.8) is 0 Å². The van der Waals surface area contributed by atoms with Crippen LogP contribution in [0.3, 0.4) is 0 Å². The number of aliphatic hydroxyl groups excluding tert-OH is 2. The summed E-state index contributed by atoms with van der Waals surface area (Å²) in [5.41, 5.74) is -0.589. The second-order valence-electron chi connectivity index (χ2n) is 6.62. The van der Waals surface area contributed by atoms with Crippen LogP contribution in [-0.2, 0) is 18.9 Å². The standard InChI is InChI=1S/C14H26O6/c1-13(5-15)7-17-11(18-8-13)3-4-12-19-9-14(2,6-16)10-20-12/h11-12,15-16H,3-10H2,1-2H3. The van der Waals surface area contributed by atoms with E-state index in [0.717, 1.165) is 0 Å². The molecule has 6 heteroatoms. The van der Waals surface area contributed by atoms with Gasteiger partial charge in [0.15, 0.2) is 12.6 Å². The van der Waals surface area contributed by atoms with E-state index in [0.29, 0.717) is 39.3 Å². The van der Waals surface area contributed by atoms with Crippen LogP contribution in [-0.4, -0.2) is 62.4 Å². The Balaban J connectivity index is 1.65. The van der Waals surface area contributed by atoms with E-state index in [9.17, 15) is 10.2 Å². The molecule has 118 valence electrons. The van der Waals surface area contributed by atoms with Gasteiger partial charge < -0.3 is 29.2 Å². The van der Waals surface area contributed by atoms with Crippen molar-refractivity contribution >= 4 is 0 Å². The molecule has 0 amide bonds. The van der Waals surface area contributed by atoms with Crippen molar-refractivity contribution in [2.45, 2.75) is 39.3 Å². The quantitative estimate of drug-likeness (QED) is 0.768. The summed E-state index contributed by atoms with van der Waals surface area (Å²) in [6.07, 6.45) is 0.880. The minimum atomic E-state index is -0.294. The van der Waals surface area contributed by atoms with Crippen LogP contribution in [0.4, 0.5) is 0 Å². The van der Waals surface area contributed by atoms with E-state index >= 15 is 0 Å². The lowest BCUT2D eigenvalue weighted by Gasteiger charge is -2.38. The highest BCUT2D eigenvalue weighted by atomic mass is 16.7. The van der Waals surface area contributed by atoms with Gasteiger partial charge in [-0.3, -0.25) is 0 Å². The first kappa shape index (κ1) is 16.1. The smallest absolute Gasteiger partial charge is 0.157 e. The monoisotopic (exact) mass is 290 g/mol. The maximum absolute atomic E-state index is 9.22. The fraction of sp³-hybridized carbons (Fsp3) is 1.00. The van der Waals surface area contributed by atoms with Crippen LogP contribution in [0.5, 0.6) is 0 Å². The zero-order chi connectivity index (χ0) is 14.6. The van der Waals surface area contributed by atoms with Gasteiger partial charge >= 0.3 is 0 Å². The maximum atomic E-state index is 9.22. The third-order valence-corrected chi connectivity index (χ3v) is 3.87. The second-order valence-corrected chi connectivity index (χ2v) is 6.62. The molecule has 20 heavy (non-hydrogen) atoms. The minimum Gasteiger partial charge on any atom is -0.396 e. The number of hydrogen-bond donors (Lipinski definition) is 2. The number of ether oxygens (including phenoxy) is 4. The fourth-order valence-corrected chi connectivity index (χ4v) is 2.14. The van der Waals surface area contributed by atoms with Crippen molar-refractivity contribution < 1.29 is 29.2 Å². The molecule has 2 aliphatic heterocycles. The van der Waals surface area contributed by atoms with Crippen LogP contribution in [0.2, 0.25) is 0 Å². The predicted molar refractivity (Wildman–Crippen MR) is 71.0 cm³/mol. The Bertz CT molecular complexity index is 262. The first-order chi connectivity index (χ1) is 9.49. The van der Waals surface area contributed by atoms with Gasteiger partial charge in [-0.15, -0.1) is 0 Å². The number of aliphatic hydroxyl groups is 2. The normalized spacial score (nSPS) is 42.6. The second kappa shape index (κ2) is 6.68. The third kappa shape index (κ3) is 4.13. The Labute approximate surface area is 120 Å². The van der Waals surface area contributed by atoms with Gasteiger partial charge in [0.1, 0.15) is 0 Å². The van der Waals surface area contributed by atoms with E-state index in [4.69, 9.17) is 18.9 Å². The van der Waals surface area contributed by atoms with Crippen molar-refractivity contribution in [1.82, 2.24) is 0 Å². The number of rotatable bonds is 5. The molecule has 0 aliphatic carbocycles. The van der Waals surface area contributed by atoms with E-state index in [2.05, 4.69) is 0 Å². The lowest BCUT2D eigenvalue weighted by molar-refractivity contribution is -0.258. The van der Waals surface area contributed by atoms with Gasteiger partial charge in [0.2, 0.25) is 0 Å². The Morgan fingerprint density at radius 3 is 1.30 bits per heavy atom. The van der Waals surface area contributed by atoms with Crippen molar-refractivity contribution in [3.05, 3.63) is 0 Å². The van der Waals surface area contributed by atoms with Gasteiger partial charge in [0, 0.05) is 23.7 Å². The van der Waals surface area contributed by atoms with Gasteiger partial charge in [-0.25, -0.2) is 0 Å². The summed E-state index contributed by atoms with van der Waals surface area (Å²) >= 11 is 0. The van der Waals surface area contributed by atoms with Gasteiger partial charge in [0.05, 0.1) is 39.6 Å². The highest BCUT2D eigenvalue weighted by Crippen LogP contribution is 2.28. The fourth-order valence-electron chi connectivity index (χ4n) is 2.14. The Morgan fingerprint density at radius 1 is 0.750 bits per heavy atom. The lowest BCUT2D eigenvalue weighted by atomic mass is 9.93. The summed E-state index contributed by atoms with van der Waals surface area (Å²) in [7, 11) is 0. The first-order valence-electron chi connectivity index (χ1n) is 7.17. The molecule has 2 saturated heterocycles. The molecule has 2 fully saturated rings. The van der Waals surface area contributed by atoms with Crippen LogP contribution < -0.4 is 0 Å². The molecule has 6 nitrogen and oxygen atoms in total. The van der Waals surface area contributed by atoms with Crippen molar-refractivity contribution in [2.24, 2.45) is 10.8 Å². The van der Waals surface area contributed by atoms with Crippen molar-refractivity contribution in [2.75, 3.05) is 39.6 Å². The molecule has 0 unspecified atom stereocenters. The molecule has 0 bridgehead atoms. The first-order valence-corrected chi connectivity index (χ1v) is 7.17. The van der Waals surface area contributed by atoms with Gasteiger partial charge in [0.25, 0.3) is 0 Å². The van der Waals surface area contributed by atoms with E-state index in [1.54, 1.807) is 0 Å². The topological polar surface area (TPSA) is 77.4 Å². The molecule has 0 aromatic carbocycles. The lowest BCUT2D eigenvalue weighted by Crippen LogP contribution is -2.44. The summed E-state index contributed by atoms with van der Waals surface area (Å²) in [5, 5.41) is 18.4. The Hall–Kier alpha value is -0.240. The molecule has 2 heterocycles. The third-order valence-electron chi connectivity index (χ3n) is 3.87. The summed E-state index contributed by atoms with van der Waals surface area (Å²) in [6.45, 7) is 6.01. The average Bonchev–Trinajstić information content (AvgIpc) is 2.48. The van der Waals surface area contributed by atoms with Gasteiger partial charge in [-0.05, 0) is 0 Å². The largest absolute Gasteiger partial charge is 0.396 e. The molecule has 2 rings (SSSR count). The van der Waals surface area contributed by atoms with Gasteiger partial charge in [-0.1, -0.05) is 13.8 Å². The summed E-state index contributed by atoms with van der Waals surface area (Å²) in [4.78, 5) is 0. The highest BCUT2D eigenvalue weighted by molar-refractivity contribution is 4.77. The molecule has 0 spiro atoms. The Kier molecular flexibility index (Phi) is 5.39. The number of hydrogen-bond acceptors (Lipinski definition) is 6. The maximum Gasteiger partial charge on any atom is 0.157 e. The average molecular weight is 290 g/mol. The SMILES string of the molecule is CC1(CO)COC(CCC2OCC(C)(CO)CO2)OC1. The zero-order valence-corrected chi connectivity index (χ0v) is 12.3. The van der Waals surface area contributed by atoms with E-state index in [1.165, 1.54) is 0 Å². The van der Waals surface area contributed by atoms with Crippen molar-refractivity contribution in [1.29, 1.82) is 0 Å². The highest BCUT2D eigenvalue weighted by Gasteiger charge is 2.34. The molecule has 0 atom stereocenters. The van der Waals surface area contributed by atoms with E-state index in [1.807, 2.05) is 13.8 Å². The van der Waals surface area contributed by atoms with E-state index in [-0.39, 0.29) is 36.6 Å². The predicted octanol–water partition coefficient (Wildman–Crippen LogP) is 0.510. The Morgan fingerprint density at radius 2 is 1.05 bits per heavy atom.